The number of benzene rings is 2. The zero-order chi connectivity index (χ0) is 26.0. The van der Waals surface area contributed by atoms with E-state index in [1.54, 1.807) is 0 Å². The summed E-state index contributed by atoms with van der Waals surface area (Å²) in [6, 6.07) is 18.3. The summed E-state index contributed by atoms with van der Waals surface area (Å²) in [4.78, 5) is 15.6. The molecule has 1 saturated heterocycles. The van der Waals surface area contributed by atoms with Crippen LogP contribution in [0.5, 0.6) is 0 Å². The number of nitrogen functional groups attached to an aromatic ring is 1. The molecule has 2 aromatic rings. The molecule has 2 aromatic carbocycles. The summed E-state index contributed by atoms with van der Waals surface area (Å²) in [5.74, 6) is 0. The third-order valence-electron chi connectivity index (χ3n) is 7.31. The summed E-state index contributed by atoms with van der Waals surface area (Å²) in [5, 5.41) is 0.0543. The maximum Gasteiger partial charge on any atom is 0.410 e. The van der Waals surface area contributed by atoms with Gasteiger partial charge < -0.3 is 14.9 Å². The van der Waals surface area contributed by atoms with Crippen molar-refractivity contribution >= 4 is 20.1 Å². The van der Waals surface area contributed by atoms with Gasteiger partial charge in [-0.25, -0.2) is 4.79 Å². The minimum atomic E-state index is -2.12. The van der Waals surface area contributed by atoms with E-state index in [0.717, 1.165) is 30.5 Å². The average molecular weight is 497 g/mol. The molecule has 0 saturated carbocycles. The minimum absolute atomic E-state index is 0.0349. The lowest BCUT2D eigenvalue weighted by Crippen LogP contribution is -2.50. The molecular formula is C29H44N2O3Si. The zero-order valence-corrected chi connectivity index (χ0v) is 23.8. The van der Waals surface area contributed by atoms with Crippen molar-refractivity contribution in [2.24, 2.45) is 0 Å². The fourth-order valence-corrected chi connectivity index (χ4v) is 5.72. The fraction of sp³-hybridized carbons (Fsp3) is 0.552. The highest BCUT2D eigenvalue weighted by Gasteiger charge is 2.47. The van der Waals surface area contributed by atoms with Gasteiger partial charge in [-0.05, 0) is 81.4 Å². The van der Waals surface area contributed by atoms with E-state index < -0.39 is 13.9 Å². The third-order valence-corrected chi connectivity index (χ3v) is 11.8. The monoisotopic (exact) mass is 496 g/mol. The van der Waals surface area contributed by atoms with Crippen LogP contribution in [0.25, 0.3) is 0 Å². The molecule has 192 valence electrons. The van der Waals surface area contributed by atoms with Gasteiger partial charge in [-0.1, -0.05) is 63.2 Å². The number of ether oxygens (including phenoxy) is 1. The van der Waals surface area contributed by atoms with Gasteiger partial charge in [0, 0.05) is 11.7 Å². The molecule has 3 atom stereocenters. The molecule has 1 aliphatic heterocycles. The van der Waals surface area contributed by atoms with Gasteiger partial charge in [0.05, 0.1) is 12.1 Å². The molecule has 0 unspecified atom stereocenters. The smallest absolute Gasteiger partial charge is 0.410 e. The lowest BCUT2D eigenvalue weighted by Gasteiger charge is -2.43. The maximum absolute atomic E-state index is 13.7. The van der Waals surface area contributed by atoms with E-state index in [0.29, 0.717) is 0 Å². The SMILES string of the molecule is CC(C)(C)OC(=O)N1[C@H](Cc2ccc(N)cc2)CC[C@@H]1[C@H](O[Si](C)(C)C(C)(C)C)c1ccccc1. The van der Waals surface area contributed by atoms with Gasteiger partial charge in [-0.15, -0.1) is 0 Å². The Morgan fingerprint density at radius 1 is 1.00 bits per heavy atom. The first-order valence-electron chi connectivity index (χ1n) is 12.8. The Hall–Kier alpha value is -2.31. The largest absolute Gasteiger partial charge is 0.444 e. The highest BCUT2D eigenvalue weighted by molar-refractivity contribution is 6.74. The van der Waals surface area contributed by atoms with Crippen LogP contribution in [0.3, 0.4) is 0 Å². The van der Waals surface area contributed by atoms with E-state index in [9.17, 15) is 4.79 Å². The first-order valence-corrected chi connectivity index (χ1v) is 15.7. The summed E-state index contributed by atoms with van der Waals surface area (Å²) in [6.45, 7) is 17.1. The van der Waals surface area contributed by atoms with Crippen molar-refractivity contribution in [3.05, 3.63) is 65.7 Å². The Morgan fingerprint density at radius 2 is 1.60 bits per heavy atom. The quantitative estimate of drug-likeness (QED) is 0.335. The van der Waals surface area contributed by atoms with Crippen LogP contribution in [0, 0.1) is 0 Å². The number of carbonyl (C=O) groups excluding carboxylic acids is 1. The summed E-state index contributed by atoms with van der Waals surface area (Å²) >= 11 is 0. The van der Waals surface area contributed by atoms with Crippen LogP contribution in [0.1, 0.15) is 71.6 Å². The van der Waals surface area contributed by atoms with Crippen LogP contribution >= 0.6 is 0 Å². The lowest BCUT2D eigenvalue weighted by molar-refractivity contribution is -0.00238. The van der Waals surface area contributed by atoms with Gasteiger partial charge in [-0.2, -0.15) is 0 Å². The number of rotatable bonds is 6. The van der Waals surface area contributed by atoms with E-state index in [1.165, 1.54) is 5.56 Å². The zero-order valence-electron chi connectivity index (χ0n) is 22.8. The Balaban J connectivity index is 2.00. The average Bonchev–Trinajstić information content (AvgIpc) is 3.15. The summed E-state index contributed by atoms with van der Waals surface area (Å²) < 4.78 is 13.0. The van der Waals surface area contributed by atoms with Gasteiger partial charge in [-0.3, -0.25) is 4.90 Å². The van der Waals surface area contributed by atoms with E-state index in [-0.39, 0.29) is 29.3 Å². The van der Waals surface area contributed by atoms with Crippen molar-refractivity contribution < 1.29 is 14.0 Å². The number of carbonyl (C=O) groups is 1. The number of nitrogens with two attached hydrogens (primary N) is 1. The number of nitrogens with zero attached hydrogens (tertiary/aromatic N) is 1. The topological polar surface area (TPSA) is 64.8 Å². The molecule has 1 fully saturated rings. The number of likely N-dealkylation sites (tertiary alicyclic amines) is 1. The van der Waals surface area contributed by atoms with E-state index in [2.05, 4.69) is 70.3 Å². The molecule has 0 radical (unpaired) electrons. The van der Waals surface area contributed by atoms with Gasteiger partial charge in [0.25, 0.3) is 0 Å². The molecule has 0 aromatic heterocycles. The molecule has 1 amide bonds. The van der Waals surface area contributed by atoms with Crippen molar-refractivity contribution in [3.63, 3.8) is 0 Å². The molecule has 2 N–H and O–H groups in total. The van der Waals surface area contributed by atoms with Crippen LogP contribution in [0.15, 0.2) is 54.6 Å². The maximum atomic E-state index is 13.7. The minimum Gasteiger partial charge on any atom is -0.444 e. The molecular weight excluding hydrogens is 452 g/mol. The van der Waals surface area contributed by atoms with E-state index in [4.69, 9.17) is 14.9 Å². The van der Waals surface area contributed by atoms with Crippen LogP contribution < -0.4 is 5.73 Å². The van der Waals surface area contributed by atoms with Gasteiger partial charge in [0.15, 0.2) is 8.32 Å². The molecule has 1 heterocycles. The summed E-state index contributed by atoms with van der Waals surface area (Å²) in [7, 11) is -2.12. The van der Waals surface area contributed by atoms with Crippen LogP contribution in [-0.2, 0) is 15.6 Å². The van der Waals surface area contributed by atoms with Gasteiger partial charge in [0.2, 0.25) is 0 Å². The van der Waals surface area contributed by atoms with Crippen LogP contribution in [-0.4, -0.2) is 37.0 Å². The van der Waals surface area contributed by atoms with E-state index >= 15 is 0 Å². The standard InChI is InChI=1S/C29H44N2O3Si/c1-28(2,3)33-27(32)31-24(20-21-14-16-23(30)17-15-21)18-19-25(31)26(22-12-10-9-11-13-22)34-35(7,8)29(4,5)6/h9-17,24-26H,18-20,30H2,1-8H3/t24-,25+,26+/m0/s1. The number of anilines is 1. The second kappa shape index (κ2) is 10.4. The molecule has 1 aliphatic rings. The van der Waals surface area contributed by atoms with Crippen LogP contribution in [0.2, 0.25) is 18.1 Å². The van der Waals surface area contributed by atoms with Crippen LogP contribution in [0.4, 0.5) is 10.5 Å². The number of amides is 1. The Bertz CT molecular complexity index is 978. The molecule has 0 spiro atoms. The highest BCUT2D eigenvalue weighted by Crippen LogP contribution is 2.44. The van der Waals surface area contributed by atoms with Crippen molar-refractivity contribution in [2.45, 2.75) is 103 Å². The molecule has 3 rings (SSSR count). The normalized spacial score (nSPS) is 20.1. The number of hydrogen-bond donors (Lipinski definition) is 1. The predicted octanol–water partition coefficient (Wildman–Crippen LogP) is 7.34. The first kappa shape index (κ1) is 27.3. The molecule has 5 nitrogen and oxygen atoms in total. The second-order valence-corrected chi connectivity index (χ2v) is 17.1. The highest BCUT2D eigenvalue weighted by atomic mass is 28.4. The lowest BCUT2D eigenvalue weighted by atomic mass is 10.0. The third kappa shape index (κ3) is 6.89. The number of hydrogen-bond acceptors (Lipinski definition) is 4. The van der Waals surface area contributed by atoms with Gasteiger partial charge >= 0.3 is 6.09 Å². The second-order valence-electron chi connectivity index (χ2n) is 12.3. The summed E-state index contributed by atoms with van der Waals surface area (Å²) in [6.07, 6.45) is 2.06. The van der Waals surface area contributed by atoms with Gasteiger partial charge in [0.1, 0.15) is 5.60 Å². The van der Waals surface area contributed by atoms with Crippen molar-refractivity contribution in [2.75, 3.05) is 5.73 Å². The first-order chi connectivity index (χ1) is 16.2. The predicted molar refractivity (Wildman–Crippen MR) is 147 cm³/mol. The Labute approximate surface area is 213 Å². The molecule has 35 heavy (non-hydrogen) atoms. The van der Waals surface area contributed by atoms with E-state index in [1.807, 2.05) is 43.9 Å². The van der Waals surface area contributed by atoms with Crippen molar-refractivity contribution in [1.82, 2.24) is 4.90 Å². The van der Waals surface area contributed by atoms with Crippen molar-refractivity contribution in [3.8, 4) is 0 Å². The summed E-state index contributed by atoms with van der Waals surface area (Å²) in [5.41, 5.74) is 8.36. The fourth-order valence-electron chi connectivity index (χ4n) is 4.44. The Kier molecular flexibility index (Phi) is 8.07. The molecule has 0 aliphatic carbocycles. The molecule has 6 heteroatoms. The Morgan fingerprint density at radius 3 is 2.14 bits per heavy atom. The van der Waals surface area contributed by atoms with Crippen molar-refractivity contribution in [1.29, 1.82) is 0 Å². The molecule has 0 bridgehead atoms.